The molecule has 2 amide bonds. The smallest absolute Gasteiger partial charge is 0.253 e. The van der Waals surface area contributed by atoms with Gasteiger partial charge in [0.2, 0.25) is 5.91 Å². The molecular weight excluding hydrogens is 377 g/mol. The largest absolute Gasteiger partial charge is 0.383 e. The van der Waals surface area contributed by atoms with E-state index in [4.69, 9.17) is 27.9 Å². The zero-order chi connectivity index (χ0) is 19.1. The molecule has 1 fully saturated rings. The van der Waals surface area contributed by atoms with Crippen LogP contribution in [0.25, 0.3) is 0 Å². The van der Waals surface area contributed by atoms with Crippen molar-refractivity contribution in [1.82, 2.24) is 15.1 Å². The van der Waals surface area contributed by atoms with Gasteiger partial charge in [0.15, 0.2) is 0 Å². The molecule has 1 atom stereocenters. The minimum absolute atomic E-state index is 0.0493. The van der Waals surface area contributed by atoms with E-state index in [2.05, 4.69) is 17.1 Å². The Morgan fingerprint density at radius 2 is 2.08 bits per heavy atom. The molecule has 1 aromatic rings. The fraction of sp³-hybridized carbons (Fsp3) is 0.556. The lowest BCUT2D eigenvalue weighted by Crippen LogP contribution is -2.56. The molecule has 1 saturated heterocycles. The summed E-state index contributed by atoms with van der Waals surface area (Å²) in [4.78, 5) is 28.8. The Morgan fingerprint density at radius 3 is 2.73 bits per heavy atom. The first-order valence-electron chi connectivity index (χ1n) is 8.70. The number of amides is 2. The Labute approximate surface area is 164 Å². The van der Waals surface area contributed by atoms with Gasteiger partial charge in [0.1, 0.15) is 0 Å². The van der Waals surface area contributed by atoms with Gasteiger partial charge in [0.05, 0.1) is 23.7 Å². The number of rotatable bonds is 7. The average molecular weight is 402 g/mol. The molecule has 6 nitrogen and oxygen atoms in total. The maximum Gasteiger partial charge on any atom is 0.253 e. The summed E-state index contributed by atoms with van der Waals surface area (Å²) in [6, 6.07) is 4.95. The quantitative estimate of drug-likeness (QED) is 0.761. The van der Waals surface area contributed by atoms with Gasteiger partial charge in [-0.1, -0.05) is 30.1 Å². The maximum atomic E-state index is 12.5. The summed E-state index contributed by atoms with van der Waals surface area (Å²) in [6.07, 6.45) is 0.959. The first-order chi connectivity index (χ1) is 12.5. The topological polar surface area (TPSA) is 61.9 Å². The molecule has 8 heteroatoms. The Morgan fingerprint density at radius 1 is 1.31 bits per heavy atom. The minimum Gasteiger partial charge on any atom is -0.383 e. The molecule has 144 valence electrons. The van der Waals surface area contributed by atoms with Crippen molar-refractivity contribution in [2.45, 2.75) is 19.4 Å². The fourth-order valence-corrected chi connectivity index (χ4v) is 3.54. The van der Waals surface area contributed by atoms with E-state index in [0.29, 0.717) is 36.3 Å². The lowest BCUT2D eigenvalue weighted by Gasteiger charge is -2.41. The third-order valence-corrected chi connectivity index (χ3v) is 5.13. The van der Waals surface area contributed by atoms with Crippen molar-refractivity contribution in [3.63, 3.8) is 0 Å². The molecule has 1 aliphatic heterocycles. The average Bonchev–Trinajstić information content (AvgIpc) is 2.63. The lowest BCUT2D eigenvalue weighted by molar-refractivity contribution is -0.133. The van der Waals surface area contributed by atoms with Crippen LogP contribution in [-0.4, -0.2) is 74.1 Å². The van der Waals surface area contributed by atoms with Gasteiger partial charge in [-0.2, -0.15) is 0 Å². The van der Waals surface area contributed by atoms with Crippen LogP contribution in [0.1, 0.15) is 23.7 Å². The number of carbonyl (C=O) groups is 2. The Bertz CT molecular complexity index is 642. The molecular formula is C18H25Cl2N3O3. The molecule has 2 rings (SSSR count). The second-order valence-corrected chi connectivity index (χ2v) is 7.08. The van der Waals surface area contributed by atoms with E-state index in [9.17, 15) is 9.59 Å². The van der Waals surface area contributed by atoms with Gasteiger partial charge in [-0.05, 0) is 24.6 Å². The standard InChI is InChI=1S/C18H25Cl2N3O3/c1-3-14-12-23(7-6-22(14)8-9-26-2)17(24)11-21-18(25)15-5-4-13(19)10-16(15)20/h4-5,10,14H,3,6-9,11-12H2,1-2H3,(H,21,25). The Kier molecular flexibility index (Phi) is 8.15. The number of hydrogen-bond donors (Lipinski definition) is 1. The number of piperazine rings is 1. The molecule has 0 radical (unpaired) electrons. The Hall–Kier alpha value is -1.34. The second-order valence-electron chi connectivity index (χ2n) is 6.24. The number of benzene rings is 1. The summed E-state index contributed by atoms with van der Waals surface area (Å²) in [5.41, 5.74) is 0.305. The van der Waals surface area contributed by atoms with Crippen molar-refractivity contribution < 1.29 is 14.3 Å². The van der Waals surface area contributed by atoms with Crippen LogP contribution < -0.4 is 5.32 Å². The number of ether oxygens (including phenoxy) is 1. The van der Waals surface area contributed by atoms with Crippen molar-refractivity contribution in [1.29, 1.82) is 0 Å². The van der Waals surface area contributed by atoms with Gasteiger partial charge in [0, 0.05) is 44.4 Å². The van der Waals surface area contributed by atoms with E-state index < -0.39 is 0 Å². The number of hydrogen-bond acceptors (Lipinski definition) is 4. The molecule has 26 heavy (non-hydrogen) atoms. The van der Waals surface area contributed by atoms with Crippen LogP contribution in [0.3, 0.4) is 0 Å². The molecule has 0 aliphatic carbocycles. The molecule has 1 aliphatic rings. The zero-order valence-corrected chi connectivity index (χ0v) is 16.6. The molecule has 1 aromatic carbocycles. The summed E-state index contributed by atoms with van der Waals surface area (Å²) in [5.74, 6) is -0.473. The van der Waals surface area contributed by atoms with Crippen LogP contribution in [0.5, 0.6) is 0 Å². The highest BCUT2D eigenvalue weighted by Crippen LogP contribution is 2.20. The van der Waals surface area contributed by atoms with Crippen LogP contribution in [-0.2, 0) is 9.53 Å². The molecule has 1 heterocycles. The summed E-state index contributed by atoms with van der Waals surface area (Å²) in [5, 5.41) is 3.37. The van der Waals surface area contributed by atoms with Crippen LogP contribution in [0, 0.1) is 0 Å². The second kappa shape index (κ2) is 10.1. The van der Waals surface area contributed by atoms with Gasteiger partial charge in [-0.15, -0.1) is 0 Å². The SMILES string of the molecule is CCC1CN(C(=O)CNC(=O)c2ccc(Cl)cc2Cl)CCN1CCOC. The van der Waals surface area contributed by atoms with E-state index in [1.54, 1.807) is 24.1 Å². The zero-order valence-electron chi connectivity index (χ0n) is 15.1. The van der Waals surface area contributed by atoms with Crippen molar-refractivity contribution in [2.24, 2.45) is 0 Å². The Balaban J connectivity index is 1.87. The first kappa shape index (κ1) is 21.0. The van der Waals surface area contributed by atoms with E-state index >= 15 is 0 Å². The molecule has 1 N–H and O–H groups in total. The van der Waals surface area contributed by atoms with Gasteiger partial charge in [-0.25, -0.2) is 0 Å². The highest BCUT2D eigenvalue weighted by Gasteiger charge is 2.28. The van der Waals surface area contributed by atoms with Crippen molar-refractivity contribution >= 4 is 35.0 Å². The molecule has 1 unspecified atom stereocenters. The minimum atomic E-state index is -0.384. The van der Waals surface area contributed by atoms with Crippen LogP contribution >= 0.6 is 23.2 Å². The number of carbonyl (C=O) groups excluding carboxylic acids is 2. The van der Waals surface area contributed by atoms with Gasteiger partial charge >= 0.3 is 0 Å². The van der Waals surface area contributed by atoms with Crippen molar-refractivity contribution in [3.05, 3.63) is 33.8 Å². The number of nitrogens with one attached hydrogen (secondary N) is 1. The third kappa shape index (κ3) is 5.58. The molecule has 0 bridgehead atoms. The number of halogens is 2. The van der Waals surface area contributed by atoms with Crippen molar-refractivity contribution in [2.75, 3.05) is 46.4 Å². The van der Waals surface area contributed by atoms with Crippen molar-refractivity contribution in [3.8, 4) is 0 Å². The highest BCUT2D eigenvalue weighted by atomic mass is 35.5. The van der Waals surface area contributed by atoms with Gasteiger partial charge < -0.3 is 15.0 Å². The normalized spacial score (nSPS) is 18.0. The van der Waals surface area contributed by atoms with E-state index in [1.807, 2.05) is 0 Å². The summed E-state index contributed by atoms with van der Waals surface area (Å²) in [6.45, 7) is 5.73. The lowest BCUT2D eigenvalue weighted by atomic mass is 10.1. The van der Waals surface area contributed by atoms with Crippen LogP contribution in [0.2, 0.25) is 10.0 Å². The third-order valence-electron chi connectivity index (χ3n) is 4.59. The van der Waals surface area contributed by atoms with Crippen LogP contribution in [0.15, 0.2) is 18.2 Å². The number of methoxy groups -OCH3 is 1. The summed E-state index contributed by atoms with van der Waals surface area (Å²) >= 11 is 11.9. The highest BCUT2D eigenvalue weighted by molar-refractivity contribution is 6.36. The molecule has 0 saturated carbocycles. The molecule has 0 spiro atoms. The predicted molar refractivity (Wildman–Crippen MR) is 103 cm³/mol. The van der Waals surface area contributed by atoms with Gasteiger partial charge in [0.25, 0.3) is 5.91 Å². The maximum absolute atomic E-state index is 12.5. The summed E-state index contributed by atoms with van der Waals surface area (Å²) in [7, 11) is 1.69. The van der Waals surface area contributed by atoms with E-state index in [1.165, 1.54) is 6.07 Å². The molecule has 0 aromatic heterocycles. The predicted octanol–water partition coefficient (Wildman–Crippen LogP) is 2.29. The first-order valence-corrected chi connectivity index (χ1v) is 9.45. The summed E-state index contributed by atoms with van der Waals surface area (Å²) < 4.78 is 5.15. The van der Waals surface area contributed by atoms with Gasteiger partial charge in [-0.3, -0.25) is 14.5 Å². The van der Waals surface area contributed by atoms with E-state index in [-0.39, 0.29) is 23.4 Å². The van der Waals surface area contributed by atoms with E-state index in [0.717, 1.165) is 19.5 Å². The van der Waals surface area contributed by atoms with Crippen LogP contribution in [0.4, 0.5) is 0 Å². The monoisotopic (exact) mass is 401 g/mol. The fourth-order valence-electron chi connectivity index (χ4n) is 3.05. The number of nitrogens with zero attached hydrogens (tertiary/aromatic N) is 2.